The number of sulfone groups is 1. The molecular formula is C12H24N2O3S. The molecule has 0 saturated carbocycles. The third kappa shape index (κ3) is 4.19. The summed E-state index contributed by atoms with van der Waals surface area (Å²) in [7, 11) is -2.79. The van der Waals surface area contributed by atoms with Gasteiger partial charge in [-0.25, -0.2) is 8.42 Å². The van der Waals surface area contributed by atoms with Crippen LogP contribution in [0.25, 0.3) is 0 Å². The SMILES string of the molecule is CC1CS(=O)(=O)CCN1CCNC1CCOCC1. The van der Waals surface area contributed by atoms with E-state index in [2.05, 4.69) is 10.2 Å². The van der Waals surface area contributed by atoms with Gasteiger partial charge in [0.2, 0.25) is 0 Å². The Kier molecular flexibility index (Phi) is 5.00. The third-order valence-electron chi connectivity index (χ3n) is 3.86. The van der Waals surface area contributed by atoms with Crippen molar-refractivity contribution in [3.63, 3.8) is 0 Å². The lowest BCUT2D eigenvalue weighted by Crippen LogP contribution is -2.49. The maximum atomic E-state index is 11.5. The van der Waals surface area contributed by atoms with Crippen molar-refractivity contribution >= 4 is 9.84 Å². The van der Waals surface area contributed by atoms with E-state index in [0.29, 0.717) is 24.1 Å². The monoisotopic (exact) mass is 276 g/mol. The maximum Gasteiger partial charge on any atom is 0.153 e. The van der Waals surface area contributed by atoms with E-state index in [1.807, 2.05) is 6.92 Å². The van der Waals surface area contributed by atoms with E-state index in [1.165, 1.54) is 0 Å². The summed E-state index contributed by atoms with van der Waals surface area (Å²) in [5.41, 5.74) is 0. The van der Waals surface area contributed by atoms with Gasteiger partial charge in [-0.2, -0.15) is 0 Å². The molecule has 0 bridgehead atoms. The Morgan fingerprint density at radius 1 is 1.33 bits per heavy atom. The molecule has 1 N–H and O–H groups in total. The van der Waals surface area contributed by atoms with Gasteiger partial charge in [0, 0.05) is 44.9 Å². The first-order valence-corrected chi connectivity index (χ1v) is 8.64. The normalized spacial score (nSPS) is 30.4. The van der Waals surface area contributed by atoms with Crippen molar-refractivity contribution < 1.29 is 13.2 Å². The highest BCUT2D eigenvalue weighted by Gasteiger charge is 2.27. The molecular weight excluding hydrogens is 252 g/mol. The summed E-state index contributed by atoms with van der Waals surface area (Å²) in [6, 6.07) is 0.725. The predicted molar refractivity (Wildman–Crippen MR) is 71.5 cm³/mol. The van der Waals surface area contributed by atoms with E-state index in [4.69, 9.17) is 4.74 Å². The van der Waals surface area contributed by atoms with E-state index < -0.39 is 9.84 Å². The minimum Gasteiger partial charge on any atom is -0.381 e. The van der Waals surface area contributed by atoms with Crippen LogP contribution in [0.1, 0.15) is 19.8 Å². The van der Waals surface area contributed by atoms with Crippen LogP contribution in [0.15, 0.2) is 0 Å². The van der Waals surface area contributed by atoms with Gasteiger partial charge in [-0.1, -0.05) is 0 Å². The zero-order chi connectivity index (χ0) is 13.0. The summed E-state index contributed by atoms with van der Waals surface area (Å²) in [6.07, 6.45) is 2.17. The molecule has 2 aliphatic heterocycles. The average Bonchev–Trinajstić information content (AvgIpc) is 2.33. The molecule has 0 spiro atoms. The van der Waals surface area contributed by atoms with Gasteiger partial charge >= 0.3 is 0 Å². The van der Waals surface area contributed by atoms with Crippen LogP contribution in [0.3, 0.4) is 0 Å². The quantitative estimate of drug-likeness (QED) is 0.775. The molecule has 0 aromatic rings. The number of nitrogens with zero attached hydrogens (tertiary/aromatic N) is 1. The largest absolute Gasteiger partial charge is 0.381 e. The fourth-order valence-corrected chi connectivity index (χ4v) is 4.30. The van der Waals surface area contributed by atoms with Gasteiger partial charge in [-0.15, -0.1) is 0 Å². The second-order valence-corrected chi connectivity index (χ2v) is 7.57. The highest BCUT2D eigenvalue weighted by Crippen LogP contribution is 2.11. The van der Waals surface area contributed by atoms with Gasteiger partial charge in [0.05, 0.1) is 11.5 Å². The van der Waals surface area contributed by atoms with Gasteiger partial charge < -0.3 is 10.1 Å². The van der Waals surface area contributed by atoms with Crippen LogP contribution in [-0.2, 0) is 14.6 Å². The molecule has 0 radical (unpaired) electrons. The van der Waals surface area contributed by atoms with Crippen LogP contribution < -0.4 is 5.32 Å². The summed E-state index contributed by atoms with van der Waals surface area (Å²) >= 11 is 0. The molecule has 0 aliphatic carbocycles. The smallest absolute Gasteiger partial charge is 0.153 e. The van der Waals surface area contributed by atoms with E-state index in [-0.39, 0.29) is 6.04 Å². The molecule has 2 aliphatic rings. The van der Waals surface area contributed by atoms with E-state index in [1.54, 1.807) is 0 Å². The molecule has 106 valence electrons. The Bertz CT molecular complexity index is 352. The predicted octanol–water partition coefficient (Wildman–Crippen LogP) is -0.126. The summed E-state index contributed by atoms with van der Waals surface area (Å²) in [6.45, 7) is 6.28. The lowest BCUT2D eigenvalue weighted by atomic mass is 10.1. The maximum absolute atomic E-state index is 11.5. The van der Waals surface area contributed by atoms with Gasteiger partial charge in [-0.3, -0.25) is 4.90 Å². The molecule has 1 unspecified atom stereocenters. The Morgan fingerprint density at radius 3 is 2.72 bits per heavy atom. The number of rotatable bonds is 4. The summed E-state index contributed by atoms with van der Waals surface area (Å²) in [5.74, 6) is 0.624. The minimum absolute atomic E-state index is 0.153. The van der Waals surface area contributed by atoms with Crippen molar-refractivity contribution in [1.82, 2.24) is 10.2 Å². The molecule has 6 heteroatoms. The Morgan fingerprint density at radius 2 is 2.06 bits per heavy atom. The van der Waals surface area contributed by atoms with E-state index in [0.717, 1.165) is 39.1 Å². The van der Waals surface area contributed by atoms with Crippen molar-refractivity contribution in [1.29, 1.82) is 0 Å². The summed E-state index contributed by atoms with van der Waals surface area (Å²) in [4.78, 5) is 2.27. The van der Waals surface area contributed by atoms with E-state index in [9.17, 15) is 8.42 Å². The Balaban J connectivity index is 1.67. The Labute approximate surface area is 110 Å². The third-order valence-corrected chi connectivity index (χ3v) is 5.66. The lowest BCUT2D eigenvalue weighted by Gasteiger charge is -2.33. The molecule has 2 fully saturated rings. The average molecular weight is 276 g/mol. The first kappa shape index (κ1) is 14.2. The van der Waals surface area contributed by atoms with Crippen LogP contribution in [-0.4, -0.2) is 69.8 Å². The Hall–Kier alpha value is -0.170. The van der Waals surface area contributed by atoms with Gasteiger partial charge in [0.15, 0.2) is 9.84 Å². The summed E-state index contributed by atoms with van der Waals surface area (Å²) in [5, 5.41) is 3.54. The summed E-state index contributed by atoms with van der Waals surface area (Å²) < 4.78 is 28.3. The molecule has 0 aromatic carbocycles. The number of hydrogen-bond acceptors (Lipinski definition) is 5. The molecule has 2 heterocycles. The zero-order valence-electron chi connectivity index (χ0n) is 11.1. The number of ether oxygens (including phenoxy) is 1. The van der Waals surface area contributed by atoms with Gasteiger partial charge in [-0.05, 0) is 19.8 Å². The van der Waals surface area contributed by atoms with Crippen LogP contribution in [0.4, 0.5) is 0 Å². The zero-order valence-corrected chi connectivity index (χ0v) is 11.9. The molecule has 18 heavy (non-hydrogen) atoms. The molecule has 0 aromatic heterocycles. The molecule has 2 saturated heterocycles. The molecule has 5 nitrogen and oxygen atoms in total. The van der Waals surface area contributed by atoms with Gasteiger partial charge in [0.1, 0.15) is 0 Å². The van der Waals surface area contributed by atoms with Crippen molar-refractivity contribution in [3.05, 3.63) is 0 Å². The molecule has 0 amide bonds. The topological polar surface area (TPSA) is 58.6 Å². The first-order valence-electron chi connectivity index (χ1n) is 6.82. The van der Waals surface area contributed by atoms with Crippen molar-refractivity contribution in [2.45, 2.75) is 31.8 Å². The fourth-order valence-electron chi connectivity index (χ4n) is 2.68. The fraction of sp³-hybridized carbons (Fsp3) is 1.00. The number of hydrogen-bond donors (Lipinski definition) is 1. The molecule has 1 atom stereocenters. The minimum atomic E-state index is -2.79. The van der Waals surface area contributed by atoms with Crippen molar-refractivity contribution in [2.75, 3.05) is 44.4 Å². The molecule has 2 rings (SSSR count). The first-order chi connectivity index (χ1) is 8.57. The lowest BCUT2D eigenvalue weighted by molar-refractivity contribution is 0.0768. The van der Waals surface area contributed by atoms with Crippen LogP contribution in [0.2, 0.25) is 0 Å². The highest BCUT2D eigenvalue weighted by atomic mass is 32.2. The van der Waals surface area contributed by atoms with Crippen LogP contribution in [0.5, 0.6) is 0 Å². The van der Waals surface area contributed by atoms with Crippen LogP contribution in [0, 0.1) is 0 Å². The highest BCUT2D eigenvalue weighted by molar-refractivity contribution is 7.91. The van der Waals surface area contributed by atoms with E-state index >= 15 is 0 Å². The van der Waals surface area contributed by atoms with Gasteiger partial charge in [0.25, 0.3) is 0 Å². The second-order valence-electron chi connectivity index (χ2n) is 5.34. The van der Waals surface area contributed by atoms with Crippen LogP contribution >= 0.6 is 0 Å². The number of nitrogens with one attached hydrogen (secondary N) is 1. The van der Waals surface area contributed by atoms with Crippen molar-refractivity contribution in [3.8, 4) is 0 Å². The standard InChI is InChI=1S/C12H24N2O3S/c1-11-10-18(15,16)9-6-14(11)5-4-13-12-2-7-17-8-3-12/h11-13H,2-10H2,1H3. The van der Waals surface area contributed by atoms with Crippen molar-refractivity contribution in [2.24, 2.45) is 0 Å². The second kappa shape index (κ2) is 6.32.